The second kappa shape index (κ2) is 9.48. The van der Waals surface area contributed by atoms with Gasteiger partial charge in [0.05, 0.1) is 5.02 Å². The number of hydrogen-bond acceptors (Lipinski definition) is 3. The predicted octanol–water partition coefficient (Wildman–Crippen LogP) is 3.41. The van der Waals surface area contributed by atoms with Crippen LogP contribution < -0.4 is 5.32 Å². The molecule has 0 amide bonds. The molecule has 0 unspecified atom stereocenters. The summed E-state index contributed by atoms with van der Waals surface area (Å²) in [5.74, 6) is 0.137. The summed E-state index contributed by atoms with van der Waals surface area (Å²) in [6.07, 6.45) is 2.83. The quantitative estimate of drug-likeness (QED) is 0.825. The maximum Gasteiger partial charge on any atom is 0.134 e. The van der Waals surface area contributed by atoms with Crippen molar-refractivity contribution in [3.63, 3.8) is 0 Å². The van der Waals surface area contributed by atoms with Crippen LogP contribution in [0.4, 0.5) is 0 Å². The molecular formula is C14H21Cl3N2O. The molecule has 1 aromatic carbocycles. The van der Waals surface area contributed by atoms with Crippen molar-refractivity contribution in [3.8, 4) is 5.75 Å². The van der Waals surface area contributed by atoms with Gasteiger partial charge in [0, 0.05) is 32.2 Å². The van der Waals surface area contributed by atoms with E-state index >= 15 is 0 Å². The van der Waals surface area contributed by atoms with Gasteiger partial charge < -0.3 is 10.4 Å². The van der Waals surface area contributed by atoms with Crippen molar-refractivity contribution in [1.29, 1.82) is 0 Å². The van der Waals surface area contributed by atoms with Crippen molar-refractivity contribution in [3.05, 3.63) is 41.4 Å². The fraction of sp³-hybridized carbons (Fsp3) is 0.429. The van der Waals surface area contributed by atoms with E-state index in [0.717, 1.165) is 38.2 Å². The van der Waals surface area contributed by atoms with Crippen molar-refractivity contribution in [2.75, 3.05) is 26.2 Å². The largest absolute Gasteiger partial charge is 0.506 e. The van der Waals surface area contributed by atoms with Gasteiger partial charge in [-0.15, -0.1) is 31.4 Å². The van der Waals surface area contributed by atoms with Crippen LogP contribution >= 0.6 is 36.4 Å². The molecule has 2 N–H and O–H groups in total. The highest BCUT2D eigenvalue weighted by atomic mass is 35.5. The van der Waals surface area contributed by atoms with Crippen LogP contribution in [0.25, 0.3) is 0 Å². The molecule has 20 heavy (non-hydrogen) atoms. The van der Waals surface area contributed by atoms with Gasteiger partial charge in [-0.25, -0.2) is 0 Å². The third-order valence-electron chi connectivity index (χ3n) is 3.34. The molecule has 6 heteroatoms. The van der Waals surface area contributed by atoms with E-state index in [1.54, 1.807) is 6.07 Å². The Hall–Kier alpha value is -0.450. The fourth-order valence-electron chi connectivity index (χ4n) is 2.38. The van der Waals surface area contributed by atoms with Crippen molar-refractivity contribution < 1.29 is 5.11 Å². The molecule has 0 bridgehead atoms. The molecule has 1 aliphatic heterocycles. The van der Waals surface area contributed by atoms with Gasteiger partial charge in [-0.05, 0) is 24.1 Å². The molecule has 0 radical (unpaired) electrons. The highest BCUT2D eigenvalue weighted by Crippen LogP contribution is 2.31. The lowest BCUT2D eigenvalue weighted by Crippen LogP contribution is -2.45. The highest BCUT2D eigenvalue weighted by molar-refractivity contribution is 6.32. The molecule has 0 aromatic heterocycles. The predicted molar refractivity (Wildman–Crippen MR) is 89.6 cm³/mol. The van der Waals surface area contributed by atoms with Crippen molar-refractivity contribution in [2.45, 2.75) is 12.5 Å². The zero-order valence-corrected chi connectivity index (χ0v) is 13.6. The Kier molecular flexibility index (Phi) is 9.27. The molecule has 1 saturated heterocycles. The molecule has 1 aromatic rings. The van der Waals surface area contributed by atoms with E-state index in [1.165, 1.54) is 0 Å². The number of rotatable bonds is 4. The first-order valence-electron chi connectivity index (χ1n) is 6.26. The van der Waals surface area contributed by atoms with Gasteiger partial charge in [0.2, 0.25) is 0 Å². The summed E-state index contributed by atoms with van der Waals surface area (Å²) in [4.78, 5) is 2.43. The molecule has 1 heterocycles. The Morgan fingerprint density at radius 2 is 2.00 bits per heavy atom. The van der Waals surface area contributed by atoms with E-state index in [2.05, 4.69) is 16.8 Å². The standard InChI is InChI=1S/C14H19ClN2O.2ClH/c1-2-3-13(17-8-6-16-7-9-17)11-4-5-14(18)12(15)10-11;;/h2,4-5,10,13,16,18H,1,3,6-9H2;2*1H/t13-;;/m0../s1. The third kappa shape index (κ3) is 4.83. The Balaban J connectivity index is 0.00000180. The summed E-state index contributed by atoms with van der Waals surface area (Å²) < 4.78 is 0. The fourth-order valence-corrected chi connectivity index (χ4v) is 2.57. The number of nitrogens with zero attached hydrogens (tertiary/aromatic N) is 1. The smallest absolute Gasteiger partial charge is 0.134 e. The van der Waals surface area contributed by atoms with Gasteiger partial charge in [-0.2, -0.15) is 0 Å². The minimum Gasteiger partial charge on any atom is -0.506 e. The summed E-state index contributed by atoms with van der Waals surface area (Å²) in [6, 6.07) is 5.75. The molecular weight excluding hydrogens is 319 g/mol. The molecule has 0 saturated carbocycles. The molecule has 2 rings (SSSR count). The molecule has 1 fully saturated rings. The van der Waals surface area contributed by atoms with Gasteiger partial charge in [0.1, 0.15) is 5.75 Å². The maximum absolute atomic E-state index is 9.49. The molecule has 0 aliphatic carbocycles. The normalized spacial score (nSPS) is 16.6. The van der Waals surface area contributed by atoms with E-state index in [4.69, 9.17) is 11.6 Å². The van der Waals surface area contributed by atoms with Crippen LogP contribution in [-0.2, 0) is 0 Å². The number of halogens is 3. The van der Waals surface area contributed by atoms with E-state index in [9.17, 15) is 5.11 Å². The van der Waals surface area contributed by atoms with Gasteiger partial charge in [-0.3, -0.25) is 4.90 Å². The lowest BCUT2D eigenvalue weighted by atomic mass is 10.0. The summed E-state index contributed by atoms with van der Waals surface area (Å²) in [5, 5.41) is 13.3. The molecule has 0 spiro atoms. The number of phenols is 1. The maximum atomic E-state index is 9.49. The van der Waals surface area contributed by atoms with Crippen LogP contribution in [0.5, 0.6) is 5.75 Å². The summed E-state index contributed by atoms with van der Waals surface area (Å²) in [7, 11) is 0. The van der Waals surface area contributed by atoms with E-state index in [0.29, 0.717) is 11.1 Å². The number of aromatic hydroxyl groups is 1. The second-order valence-corrected chi connectivity index (χ2v) is 4.94. The molecule has 114 valence electrons. The van der Waals surface area contributed by atoms with E-state index in [-0.39, 0.29) is 30.6 Å². The Labute approximate surface area is 137 Å². The number of nitrogens with one attached hydrogen (secondary N) is 1. The Bertz CT molecular complexity index is 423. The second-order valence-electron chi connectivity index (χ2n) is 4.54. The SMILES string of the molecule is C=CC[C@@H](c1ccc(O)c(Cl)c1)N1CCNCC1.Cl.Cl. The third-order valence-corrected chi connectivity index (χ3v) is 3.64. The van der Waals surface area contributed by atoms with E-state index < -0.39 is 0 Å². The van der Waals surface area contributed by atoms with Crippen LogP contribution in [0.1, 0.15) is 18.0 Å². The first-order valence-corrected chi connectivity index (χ1v) is 6.64. The lowest BCUT2D eigenvalue weighted by molar-refractivity contribution is 0.174. The van der Waals surface area contributed by atoms with E-state index in [1.807, 2.05) is 18.2 Å². The Morgan fingerprint density at radius 1 is 1.35 bits per heavy atom. The molecule has 1 atom stereocenters. The zero-order chi connectivity index (χ0) is 13.0. The van der Waals surface area contributed by atoms with Crippen molar-refractivity contribution >= 4 is 36.4 Å². The van der Waals surface area contributed by atoms with Crippen molar-refractivity contribution in [2.24, 2.45) is 0 Å². The average molecular weight is 340 g/mol. The van der Waals surface area contributed by atoms with Crippen LogP contribution in [0.2, 0.25) is 5.02 Å². The van der Waals surface area contributed by atoms with Crippen LogP contribution in [0.15, 0.2) is 30.9 Å². The van der Waals surface area contributed by atoms with Crippen LogP contribution in [0, 0.1) is 0 Å². The number of benzene rings is 1. The molecule has 1 aliphatic rings. The monoisotopic (exact) mass is 338 g/mol. The first kappa shape index (κ1) is 19.6. The number of phenolic OH excluding ortho intramolecular Hbond substituents is 1. The molecule has 3 nitrogen and oxygen atoms in total. The minimum atomic E-state index is 0. The van der Waals surface area contributed by atoms with Crippen molar-refractivity contribution in [1.82, 2.24) is 10.2 Å². The van der Waals surface area contributed by atoms with Gasteiger partial charge in [0.25, 0.3) is 0 Å². The number of piperazine rings is 1. The first-order chi connectivity index (χ1) is 8.72. The minimum absolute atomic E-state index is 0. The van der Waals surface area contributed by atoms with Crippen LogP contribution in [-0.4, -0.2) is 36.2 Å². The number of hydrogen-bond donors (Lipinski definition) is 2. The average Bonchev–Trinajstić information content (AvgIpc) is 2.40. The highest BCUT2D eigenvalue weighted by Gasteiger charge is 2.21. The Morgan fingerprint density at radius 3 is 2.55 bits per heavy atom. The van der Waals surface area contributed by atoms with Crippen LogP contribution in [0.3, 0.4) is 0 Å². The van der Waals surface area contributed by atoms with Gasteiger partial charge >= 0.3 is 0 Å². The van der Waals surface area contributed by atoms with Gasteiger partial charge in [-0.1, -0.05) is 23.7 Å². The zero-order valence-electron chi connectivity index (χ0n) is 11.2. The summed E-state index contributed by atoms with van der Waals surface area (Å²) in [6.45, 7) is 7.91. The topological polar surface area (TPSA) is 35.5 Å². The van der Waals surface area contributed by atoms with Gasteiger partial charge in [0.15, 0.2) is 0 Å². The summed E-state index contributed by atoms with van der Waals surface area (Å²) in [5.41, 5.74) is 1.14. The lowest BCUT2D eigenvalue weighted by Gasteiger charge is -2.34. The summed E-state index contributed by atoms with van der Waals surface area (Å²) >= 11 is 5.99.